The number of aliphatic hydroxyl groups is 2. The summed E-state index contributed by atoms with van der Waals surface area (Å²) in [6, 6.07) is 0. The van der Waals surface area contributed by atoms with E-state index in [0.29, 0.717) is 12.3 Å². The smallest absolute Gasteiger partial charge is 0.305 e. The molecule has 0 aromatic heterocycles. The van der Waals surface area contributed by atoms with E-state index in [2.05, 4.69) is 17.7 Å². The summed E-state index contributed by atoms with van der Waals surface area (Å²) in [5.74, 6) is 0.418. The lowest BCUT2D eigenvalue weighted by molar-refractivity contribution is -0.140. The molecule has 0 bridgehead atoms. The van der Waals surface area contributed by atoms with Gasteiger partial charge < -0.3 is 14.9 Å². The second-order valence-electron chi connectivity index (χ2n) is 6.75. The number of ether oxygens (including phenoxy) is 1. The Morgan fingerprint density at radius 2 is 1.91 bits per heavy atom. The van der Waals surface area contributed by atoms with Crippen molar-refractivity contribution in [2.45, 2.75) is 83.3 Å². The van der Waals surface area contributed by atoms with Crippen LogP contribution in [0.3, 0.4) is 0 Å². The molecular formula is C19H34O4. The SMILES string of the molecule is CCCCCC(O)CC[C@H]1C=C[C@@H](O)[C@H]1CCCCC(=O)OC. The molecule has 2 N–H and O–H groups in total. The molecule has 1 unspecified atom stereocenters. The van der Waals surface area contributed by atoms with Crippen LogP contribution in [-0.2, 0) is 9.53 Å². The Balaban J connectivity index is 2.25. The Morgan fingerprint density at radius 1 is 1.13 bits per heavy atom. The van der Waals surface area contributed by atoms with Gasteiger partial charge >= 0.3 is 5.97 Å². The van der Waals surface area contributed by atoms with Gasteiger partial charge in [0.2, 0.25) is 0 Å². The van der Waals surface area contributed by atoms with Gasteiger partial charge in [0.05, 0.1) is 19.3 Å². The summed E-state index contributed by atoms with van der Waals surface area (Å²) in [4.78, 5) is 11.1. The number of aliphatic hydroxyl groups excluding tert-OH is 2. The molecule has 0 heterocycles. The highest BCUT2D eigenvalue weighted by atomic mass is 16.5. The van der Waals surface area contributed by atoms with Gasteiger partial charge in [-0.3, -0.25) is 4.79 Å². The molecule has 1 rings (SSSR count). The molecular weight excluding hydrogens is 292 g/mol. The Kier molecular flexibility index (Phi) is 10.2. The largest absolute Gasteiger partial charge is 0.469 e. The lowest BCUT2D eigenvalue weighted by Crippen LogP contribution is -2.21. The van der Waals surface area contributed by atoms with Crippen molar-refractivity contribution in [2.75, 3.05) is 7.11 Å². The van der Waals surface area contributed by atoms with Crippen LogP contribution in [0.25, 0.3) is 0 Å². The minimum Gasteiger partial charge on any atom is -0.469 e. The first-order chi connectivity index (χ1) is 11.1. The summed E-state index contributed by atoms with van der Waals surface area (Å²) in [6.07, 6.45) is 12.6. The molecule has 0 aromatic carbocycles. The lowest BCUT2D eigenvalue weighted by atomic mass is 9.85. The summed E-state index contributed by atoms with van der Waals surface area (Å²) < 4.78 is 4.64. The molecule has 0 radical (unpaired) electrons. The molecule has 0 spiro atoms. The van der Waals surface area contributed by atoms with Crippen LogP contribution in [0, 0.1) is 11.8 Å². The maximum atomic E-state index is 11.1. The third kappa shape index (κ3) is 7.98. The van der Waals surface area contributed by atoms with Crippen LogP contribution >= 0.6 is 0 Å². The van der Waals surface area contributed by atoms with E-state index >= 15 is 0 Å². The number of carbonyl (C=O) groups is 1. The normalized spacial score (nSPS) is 24.8. The van der Waals surface area contributed by atoms with Crippen molar-refractivity contribution in [3.05, 3.63) is 12.2 Å². The fraction of sp³-hybridized carbons (Fsp3) is 0.842. The number of esters is 1. The third-order valence-corrected chi connectivity index (χ3v) is 4.91. The molecule has 4 heteroatoms. The fourth-order valence-electron chi connectivity index (χ4n) is 3.40. The van der Waals surface area contributed by atoms with Crippen molar-refractivity contribution in [1.29, 1.82) is 0 Å². The molecule has 23 heavy (non-hydrogen) atoms. The Labute approximate surface area is 140 Å². The van der Waals surface area contributed by atoms with Crippen LogP contribution in [0.4, 0.5) is 0 Å². The monoisotopic (exact) mass is 326 g/mol. The van der Waals surface area contributed by atoms with Crippen molar-refractivity contribution < 1.29 is 19.7 Å². The van der Waals surface area contributed by atoms with Gasteiger partial charge in [0, 0.05) is 6.42 Å². The van der Waals surface area contributed by atoms with Gasteiger partial charge in [-0.05, 0) is 43.9 Å². The number of carbonyl (C=O) groups excluding carboxylic acids is 1. The van der Waals surface area contributed by atoms with E-state index in [-0.39, 0.29) is 24.1 Å². The first-order valence-corrected chi connectivity index (χ1v) is 9.19. The number of hydrogen-bond donors (Lipinski definition) is 2. The lowest BCUT2D eigenvalue weighted by Gasteiger charge is -2.23. The number of rotatable bonds is 12. The van der Waals surface area contributed by atoms with Crippen LogP contribution in [0.2, 0.25) is 0 Å². The van der Waals surface area contributed by atoms with E-state index in [4.69, 9.17) is 0 Å². The summed E-state index contributed by atoms with van der Waals surface area (Å²) in [5.41, 5.74) is 0. The average molecular weight is 326 g/mol. The quantitative estimate of drug-likeness (QED) is 0.327. The van der Waals surface area contributed by atoms with E-state index in [1.54, 1.807) is 0 Å². The second kappa shape index (κ2) is 11.6. The van der Waals surface area contributed by atoms with Crippen LogP contribution in [0.15, 0.2) is 12.2 Å². The predicted octanol–water partition coefficient (Wildman–Crippen LogP) is 3.60. The summed E-state index contributed by atoms with van der Waals surface area (Å²) in [5, 5.41) is 20.2. The van der Waals surface area contributed by atoms with Gasteiger partial charge in [-0.1, -0.05) is 44.8 Å². The van der Waals surface area contributed by atoms with Crippen molar-refractivity contribution in [3.8, 4) is 0 Å². The van der Waals surface area contributed by atoms with Gasteiger partial charge in [-0.15, -0.1) is 0 Å². The van der Waals surface area contributed by atoms with Gasteiger partial charge in [0.1, 0.15) is 0 Å². The van der Waals surface area contributed by atoms with E-state index in [9.17, 15) is 15.0 Å². The molecule has 0 amide bonds. The Bertz CT molecular complexity index is 353. The highest BCUT2D eigenvalue weighted by Gasteiger charge is 2.29. The minimum atomic E-state index is -0.379. The Hall–Kier alpha value is -0.870. The highest BCUT2D eigenvalue weighted by molar-refractivity contribution is 5.68. The maximum absolute atomic E-state index is 11.1. The molecule has 134 valence electrons. The topological polar surface area (TPSA) is 66.8 Å². The van der Waals surface area contributed by atoms with Gasteiger partial charge in [0.25, 0.3) is 0 Å². The number of allylic oxidation sites excluding steroid dienone is 1. The molecule has 0 fully saturated rings. The van der Waals surface area contributed by atoms with E-state index in [0.717, 1.165) is 44.9 Å². The number of methoxy groups -OCH3 is 1. The Morgan fingerprint density at radius 3 is 2.61 bits per heavy atom. The molecule has 1 aliphatic carbocycles. The predicted molar refractivity (Wildman–Crippen MR) is 92.0 cm³/mol. The van der Waals surface area contributed by atoms with E-state index in [1.807, 2.05) is 6.08 Å². The fourth-order valence-corrected chi connectivity index (χ4v) is 3.40. The molecule has 0 aromatic rings. The first kappa shape index (κ1) is 20.2. The zero-order valence-electron chi connectivity index (χ0n) is 14.7. The molecule has 0 saturated carbocycles. The van der Waals surface area contributed by atoms with Crippen molar-refractivity contribution in [2.24, 2.45) is 11.8 Å². The molecule has 0 saturated heterocycles. The standard InChI is InChI=1S/C19H34O4/c1-3-4-5-8-16(20)13-11-15-12-14-18(21)17(15)9-6-7-10-19(22)23-2/h12,14-18,20-21H,3-11,13H2,1-2H3/t15-,16?,17-,18+/m0/s1. The van der Waals surface area contributed by atoms with Crippen LogP contribution in [0.1, 0.15) is 71.1 Å². The molecule has 4 atom stereocenters. The van der Waals surface area contributed by atoms with Gasteiger partial charge in [0.15, 0.2) is 0 Å². The van der Waals surface area contributed by atoms with Crippen LogP contribution in [0.5, 0.6) is 0 Å². The summed E-state index contributed by atoms with van der Waals surface area (Å²) in [6.45, 7) is 2.17. The maximum Gasteiger partial charge on any atom is 0.305 e. The highest BCUT2D eigenvalue weighted by Crippen LogP contribution is 2.34. The molecule has 0 aliphatic heterocycles. The van der Waals surface area contributed by atoms with Crippen molar-refractivity contribution in [1.82, 2.24) is 0 Å². The van der Waals surface area contributed by atoms with Crippen molar-refractivity contribution in [3.63, 3.8) is 0 Å². The minimum absolute atomic E-state index is 0.165. The van der Waals surface area contributed by atoms with E-state index in [1.165, 1.54) is 20.0 Å². The molecule has 1 aliphatic rings. The second-order valence-corrected chi connectivity index (χ2v) is 6.75. The number of hydrogen-bond acceptors (Lipinski definition) is 4. The number of unbranched alkanes of at least 4 members (excludes halogenated alkanes) is 3. The first-order valence-electron chi connectivity index (χ1n) is 9.19. The average Bonchev–Trinajstić information content (AvgIpc) is 2.89. The molecule has 4 nitrogen and oxygen atoms in total. The third-order valence-electron chi connectivity index (χ3n) is 4.91. The zero-order valence-corrected chi connectivity index (χ0v) is 14.7. The zero-order chi connectivity index (χ0) is 17.1. The van der Waals surface area contributed by atoms with Crippen LogP contribution in [-0.4, -0.2) is 35.5 Å². The van der Waals surface area contributed by atoms with Gasteiger partial charge in [-0.2, -0.15) is 0 Å². The summed E-state index contributed by atoms with van der Waals surface area (Å²) in [7, 11) is 1.41. The van der Waals surface area contributed by atoms with Crippen LogP contribution < -0.4 is 0 Å². The van der Waals surface area contributed by atoms with Gasteiger partial charge in [-0.25, -0.2) is 0 Å². The van der Waals surface area contributed by atoms with Crippen molar-refractivity contribution >= 4 is 5.97 Å². The summed E-state index contributed by atoms with van der Waals surface area (Å²) >= 11 is 0. The van der Waals surface area contributed by atoms with E-state index < -0.39 is 0 Å².